The van der Waals surface area contributed by atoms with Gasteiger partial charge in [-0.05, 0) is 84.4 Å². The molecule has 2 aliphatic rings. The Morgan fingerprint density at radius 1 is 0.967 bits per heavy atom. The summed E-state index contributed by atoms with van der Waals surface area (Å²) in [5, 5.41) is 8.14. The zero-order chi connectivity index (χ0) is 20.5. The molecule has 1 aliphatic carbocycles. The number of allylic oxidation sites excluding steroid dienone is 2. The Labute approximate surface area is 185 Å². The molecule has 0 amide bonds. The number of anilines is 1. The first-order valence-corrected chi connectivity index (χ1v) is 12.6. The molecule has 1 atom stereocenters. The highest BCUT2D eigenvalue weighted by Gasteiger charge is 2.33. The third-order valence-electron chi connectivity index (χ3n) is 5.81. The number of hydrogen-bond acceptors (Lipinski definition) is 5. The van der Waals surface area contributed by atoms with Crippen molar-refractivity contribution in [3.05, 3.63) is 82.8 Å². The third-order valence-corrected chi connectivity index (χ3v) is 7.29. The molecule has 0 spiro atoms. The largest absolute Gasteiger partial charge is 0.324 e. The van der Waals surface area contributed by atoms with Crippen LogP contribution < -0.4 is 5.32 Å². The van der Waals surface area contributed by atoms with Gasteiger partial charge in [0, 0.05) is 15.5 Å². The summed E-state index contributed by atoms with van der Waals surface area (Å²) < 4.78 is 2.03. The van der Waals surface area contributed by atoms with Crippen molar-refractivity contribution in [3.8, 4) is 0 Å². The second-order valence-corrected chi connectivity index (χ2v) is 9.28. The maximum Gasteiger partial charge on any atom is 0.226 e. The Hall–Kier alpha value is -2.44. The number of nitrogens with zero attached hydrogens (tertiary/aromatic N) is 3. The molecule has 2 heterocycles. The van der Waals surface area contributed by atoms with Crippen molar-refractivity contribution in [2.75, 3.05) is 17.8 Å². The van der Waals surface area contributed by atoms with Crippen LogP contribution in [0, 0.1) is 0 Å². The summed E-state index contributed by atoms with van der Waals surface area (Å²) in [6, 6.07) is 17.8. The SMILES string of the molecule is CSc1ccc(C=C2CCCC3=C2Nc2ncnn2C3c2ccc(SC)cc2)cc1. The molecule has 30 heavy (non-hydrogen) atoms. The van der Waals surface area contributed by atoms with Crippen LogP contribution in [0.3, 0.4) is 0 Å². The van der Waals surface area contributed by atoms with Crippen molar-refractivity contribution in [2.24, 2.45) is 0 Å². The summed E-state index contributed by atoms with van der Waals surface area (Å²) >= 11 is 3.54. The average Bonchev–Trinajstić information content (AvgIpc) is 3.27. The summed E-state index contributed by atoms with van der Waals surface area (Å²) in [5.41, 5.74) is 6.50. The van der Waals surface area contributed by atoms with E-state index in [2.05, 4.69) is 82.5 Å². The van der Waals surface area contributed by atoms with Crippen LogP contribution >= 0.6 is 23.5 Å². The molecule has 0 radical (unpaired) electrons. The van der Waals surface area contributed by atoms with Crippen molar-refractivity contribution in [2.45, 2.75) is 35.1 Å². The Balaban J connectivity index is 1.58. The maximum absolute atomic E-state index is 4.56. The van der Waals surface area contributed by atoms with Crippen molar-refractivity contribution in [1.29, 1.82) is 0 Å². The van der Waals surface area contributed by atoms with Gasteiger partial charge in [0.25, 0.3) is 0 Å². The van der Waals surface area contributed by atoms with E-state index in [1.165, 1.54) is 37.8 Å². The molecule has 2 aromatic carbocycles. The van der Waals surface area contributed by atoms with Crippen molar-refractivity contribution < 1.29 is 0 Å². The van der Waals surface area contributed by atoms with E-state index in [1.807, 2.05) is 4.68 Å². The van der Waals surface area contributed by atoms with E-state index in [1.54, 1.807) is 29.9 Å². The predicted molar refractivity (Wildman–Crippen MR) is 127 cm³/mol. The zero-order valence-corrected chi connectivity index (χ0v) is 18.8. The molecule has 1 unspecified atom stereocenters. The predicted octanol–water partition coefficient (Wildman–Crippen LogP) is 6.26. The summed E-state index contributed by atoms with van der Waals surface area (Å²) in [6.07, 6.45) is 11.5. The minimum atomic E-state index is 0.0947. The molecule has 1 aliphatic heterocycles. The third kappa shape index (κ3) is 3.59. The average molecular weight is 433 g/mol. The molecule has 0 bridgehead atoms. The van der Waals surface area contributed by atoms with E-state index in [4.69, 9.17) is 0 Å². The Morgan fingerprint density at radius 3 is 2.37 bits per heavy atom. The fraction of sp³-hybridized carbons (Fsp3) is 0.250. The topological polar surface area (TPSA) is 42.7 Å². The molecule has 0 saturated heterocycles. The van der Waals surface area contributed by atoms with Crippen LogP contribution in [0.25, 0.3) is 6.08 Å². The van der Waals surface area contributed by atoms with Crippen molar-refractivity contribution >= 4 is 35.5 Å². The van der Waals surface area contributed by atoms with Gasteiger partial charge in [-0.3, -0.25) is 0 Å². The van der Waals surface area contributed by atoms with E-state index in [0.717, 1.165) is 25.2 Å². The van der Waals surface area contributed by atoms with Gasteiger partial charge in [-0.1, -0.05) is 24.3 Å². The normalized spacial score (nSPS) is 19.4. The quantitative estimate of drug-likeness (QED) is 0.493. The molecular weight excluding hydrogens is 408 g/mol. The number of nitrogens with one attached hydrogen (secondary N) is 1. The summed E-state index contributed by atoms with van der Waals surface area (Å²) in [5.74, 6) is 0.818. The lowest BCUT2D eigenvalue weighted by Crippen LogP contribution is -2.28. The van der Waals surface area contributed by atoms with Crippen LogP contribution in [-0.2, 0) is 0 Å². The van der Waals surface area contributed by atoms with Crippen LogP contribution in [0.2, 0.25) is 0 Å². The van der Waals surface area contributed by atoms with Crippen LogP contribution in [0.5, 0.6) is 0 Å². The molecule has 0 saturated carbocycles. The van der Waals surface area contributed by atoms with Gasteiger partial charge in [0.2, 0.25) is 5.95 Å². The van der Waals surface area contributed by atoms with Gasteiger partial charge in [-0.15, -0.1) is 23.5 Å². The Kier molecular flexibility index (Phi) is 5.44. The molecule has 3 aromatic rings. The number of fused-ring (bicyclic) bond motifs is 1. The molecular formula is C24H24N4S2. The van der Waals surface area contributed by atoms with Gasteiger partial charge in [-0.2, -0.15) is 10.1 Å². The van der Waals surface area contributed by atoms with Gasteiger partial charge in [0.1, 0.15) is 12.4 Å². The number of benzene rings is 2. The fourth-order valence-electron chi connectivity index (χ4n) is 4.32. The fourth-order valence-corrected chi connectivity index (χ4v) is 5.14. The van der Waals surface area contributed by atoms with Crippen LogP contribution in [0.15, 0.2) is 81.5 Å². The second kappa shape index (κ2) is 8.36. The Bertz CT molecular complexity index is 1110. The van der Waals surface area contributed by atoms with Crippen molar-refractivity contribution in [1.82, 2.24) is 14.8 Å². The summed E-state index contributed by atoms with van der Waals surface area (Å²) in [4.78, 5) is 7.06. The highest BCUT2D eigenvalue weighted by Crippen LogP contribution is 2.43. The van der Waals surface area contributed by atoms with Gasteiger partial charge in [0.15, 0.2) is 0 Å². The first kappa shape index (κ1) is 19.5. The highest BCUT2D eigenvalue weighted by molar-refractivity contribution is 7.98. The van der Waals surface area contributed by atoms with E-state index in [-0.39, 0.29) is 6.04 Å². The maximum atomic E-state index is 4.56. The first-order chi connectivity index (χ1) is 14.8. The number of thioether (sulfide) groups is 2. The van der Waals surface area contributed by atoms with Crippen molar-refractivity contribution in [3.63, 3.8) is 0 Å². The highest BCUT2D eigenvalue weighted by atomic mass is 32.2. The van der Waals surface area contributed by atoms with E-state index in [0.29, 0.717) is 0 Å². The second-order valence-electron chi connectivity index (χ2n) is 7.53. The molecule has 4 nitrogen and oxygen atoms in total. The van der Waals surface area contributed by atoms with E-state index in [9.17, 15) is 0 Å². The van der Waals surface area contributed by atoms with Gasteiger partial charge < -0.3 is 5.32 Å². The summed E-state index contributed by atoms with van der Waals surface area (Å²) in [7, 11) is 0. The molecule has 6 heteroatoms. The Morgan fingerprint density at radius 2 is 1.67 bits per heavy atom. The molecule has 1 aromatic heterocycles. The molecule has 0 fully saturated rings. The van der Waals surface area contributed by atoms with E-state index >= 15 is 0 Å². The lowest BCUT2D eigenvalue weighted by molar-refractivity contribution is 0.538. The molecule has 152 valence electrons. The van der Waals surface area contributed by atoms with Gasteiger partial charge >= 0.3 is 0 Å². The standard InChI is InChI=1S/C24H24N4S2/c1-29-19-10-6-16(7-11-19)14-18-4-3-5-21-22(18)27-24-25-15-26-28(24)23(21)17-8-12-20(30-2)13-9-17/h6-15,23H,3-5H2,1-2H3,(H,25,26,27). The monoisotopic (exact) mass is 432 g/mol. The first-order valence-electron chi connectivity index (χ1n) is 10.2. The number of rotatable bonds is 4. The smallest absolute Gasteiger partial charge is 0.226 e. The zero-order valence-electron chi connectivity index (χ0n) is 17.1. The van der Waals surface area contributed by atoms with Crippen LogP contribution in [0.1, 0.15) is 36.4 Å². The molecule has 1 N–H and O–H groups in total. The number of hydrogen-bond donors (Lipinski definition) is 1. The van der Waals surface area contributed by atoms with Gasteiger partial charge in [-0.25, -0.2) is 4.68 Å². The lowest BCUT2D eigenvalue weighted by atomic mass is 9.83. The summed E-state index contributed by atoms with van der Waals surface area (Å²) in [6.45, 7) is 0. The minimum absolute atomic E-state index is 0.0947. The van der Waals surface area contributed by atoms with Gasteiger partial charge in [0.05, 0.1) is 0 Å². The molecule has 5 rings (SSSR count). The minimum Gasteiger partial charge on any atom is -0.324 e. The van der Waals surface area contributed by atoms with Crippen LogP contribution in [0.4, 0.5) is 5.95 Å². The number of aromatic nitrogens is 3. The lowest BCUT2D eigenvalue weighted by Gasteiger charge is -2.34. The van der Waals surface area contributed by atoms with E-state index < -0.39 is 0 Å². The van der Waals surface area contributed by atoms with Crippen LogP contribution in [-0.4, -0.2) is 27.3 Å².